The molecule has 0 radical (unpaired) electrons. The van der Waals surface area contributed by atoms with E-state index in [4.69, 9.17) is 10.5 Å². The standard InChI is InChI=1S/C15H19N3O2S/c1-2-20-14(19)8-13(17)18-15-11(9-16)10-6-4-3-5-7-12(10)21-15/h2-8H2,1H3,(H2,17,18). The number of carbonyl (C=O) groups excluding carboxylic acids is 1. The Labute approximate surface area is 128 Å². The summed E-state index contributed by atoms with van der Waals surface area (Å²) in [5, 5.41) is 10.0. The SMILES string of the molecule is CCOC(=O)C/C(N)=N/c1sc2c(c1C#N)CCCCC2. The molecule has 1 aromatic heterocycles. The fraction of sp³-hybridized carbons (Fsp3) is 0.533. The van der Waals surface area contributed by atoms with Gasteiger partial charge in [-0.1, -0.05) is 6.42 Å². The number of esters is 1. The summed E-state index contributed by atoms with van der Waals surface area (Å²) in [4.78, 5) is 16.9. The fourth-order valence-corrected chi connectivity index (χ4v) is 3.69. The molecule has 5 nitrogen and oxygen atoms in total. The number of carbonyl (C=O) groups is 1. The summed E-state index contributed by atoms with van der Waals surface area (Å²) in [6, 6.07) is 2.25. The van der Waals surface area contributed by atoms with E-state index in [1.807, 2.05) is 0 Å². The van der Waals surface area contributed by atoms with Crippen LogP contribution in [-0.2, 0) is 22.4 Å². The lowest BCUT2D eigenvalue weighted by molar-refractivity contribution is -0.141. The Morgan fingerprint density at radius 1 is 1.43 bits per heavy atom. The Hall–Kier alpha value is -1.87. The maximum Gasteiger partial charge on any atom is 0.313 e. The Morgan fingerprint density at radius 3 is 2.90 bits per heavy atom. The number of fused-ring (bicyclic) bond motifs is 1. The molecule has 1 aliphatic carbocycles. The van der Waals surface area contributed by atoms with Crippen molar-refractivity contribution >= 4 is 28.1 Å². The molecule has 0 saturated carbocycles. The highest BCUT2D eigenvalue weighted by atomic mass is 32.1. The van der Waals surface area contributed by atoms with Crippen LogP contribution in [0, 0.1) is 11.3 Å². The molecule has 2 rings (SSSR count). The average Bonchev–Trinajstić information content (AvgIpc) is 2.59. The van der Waals surface area contributed by atoms with Gasteiger partial charge in [0.05, 0.1) is 12.2 Å². The number of nitriles is 1. The van der Waals surface area contributed by atoms with Crippen molar-refractivity contribution in [3.05, 3.63) is 16.0 Å². The maximum atomic E-state index is 11.4. The van der Waals surface area contributed by atoms with E-state index in [2.05, 4.69) is 11.1 Å². The van der Waals surface area contributed by atoms with Gasteiger partial charge >= 0.3 is 5.97 Å². The second kappa shape index (κ2) is 7.23. The van der Waals surface area contributed by atoms with Crippen LogP contribution in [0.1, 0.15) is 48.6 Å². The van der Waals surface area contributed by atoms with Crippen LogP contribution in [0.3, 0.4) is 0 Å². The van der Waals surface area contributed by atoms with Crippen LogP contribution < -0.4 is 5.73 Å². The number of amidine groups is 1. The number of thiophene rings is 1. The van der Waals surface area contributed by atoms with Gasteiger partial charge < -0.3 is 10.5 Å². The molecule has 0 spiro atoms. The first kappa shape index (κ1) is 15.5. The van der Waals surface area contributed by atoms with E-state index in [-0.39, 0.29) is 12.3 Å². The molecule has 0 fully saturated rings. The van der Waals surface area contributed by atoms with Crippen molar-refractivity contribution in [2.75, 3.05) is 6.61 Å². The smallest absolute Gasteiger partial charge is 0.313 e. The second-order valence-electron chi connectivity index (χ2n) is 4.94. The molecule has 0 amide bonds. The summed E-state index contributed by atoms with van der Waals surface area (Å²) >= 11 is 1.53. The maximum absolute atomic E-state index is 11.4. The average molecular weight is 305 g/mol. The van der Waals surface area contributed by atoms with Crippen molar-refractivity contribution in [1.82, 2.24) is 0 Å². The number of hydrogen-bond donors (Lipinski definition) is 1. The van der Waals surface area contributed by atoms with Gasteiger partial charge in [0.1, 0.15) is 23.3 Å². The van der Waals surface area contributed by atoms with Gasteiger partial charge in [-0.25, -0.2) is 4.99 Å². The normalized spacial score (nSPS) is 15.0. The molecule has 6 heteroatoms. The minimum Gasteiger partial charge on any atom is -0.466 e. The van der Waals surface area contributed by atoms with E-state index in [0.717, 1.165) is 31.2 Å². The van der Waals surface area contributed by atoms with Crippen molar-refractivity contribution < 1.29 is 9.53 Å². The van der Waals surface area contributed by atoms with E-state index in [9.17, 15) is 10.1 Å². The molecule has 0 bridgehead atoms. The summed E-state index contributed by atoms with van der Waals surface area (Å²) in [5.41, 5.74) is 7.55. The van der Waals surface area contributed by atoms with Crippen molar-refractivity contribution in [3.63, 3.8) is 0 Å². The number of nitrogens with two attached hydrogens (primary N) is 1. The highest BCUT2D eigenvalue weighted by Crippen LogP contribution is 2.38. The van der Waals surface area contributed by atoms with Crippen molar-refractivity contribution in [2.24, 2.45) is 10.7 Å². The van der Waals surface area contributed by atoms with Crippen LogP contribution in [0.2, 0.25) is 0 Å². The minimum atomic E-state index is -0.393. The van der Waals surface area contributed by atoms with E-state index in [1.165, 1.54) is 22.6 Å². The Kier molecular flexibility index (Phi) is 5.34. The summed E-state index contributed by atoms with van der Waals surface area (Å²) in [6.45, 7) is 2.07. The highest BCUT2D eigenvalue weighted by Gasteiger charge is 2.20. The molecule has 0 unspecified atom stereocenters. The number of hydrogen-bond acceptors (Lipinski definition) is 5. The third kappa shape index (κ3) is 3.82. The van der Waals surface area contributed by atoms with Crippen molar-refractivity contribution in [3.8, 4) is 6.07 Å². The molecule has 0 atom stereocenters. The third-order valence-corrected chi connectivity index (χ3v) is 4.58. The van der Waals surface area contributed by atoms with Crippen LogP contribution in [0.25, 0.3) is 0 Å². The van der Waals surface area contributed by atoms with Gasteiger partial charge in [-0.05, 0) is 38.2 Å². The number of aryl methyl sites for hydroxylation is 1. The van der Waals surface area contributed by atoms with Crippen molar-refractivity contribution in [1.29, 1.82) is 5.26 Å². The largest absolute Gasteiger partial charge is 0.466 e. The lowest BCUT2D eigenvalue weighted by atomic mass is 10.1. The number of nitrogens with zero attached hydrogens (tertiary/aromatic N) is 2. The molecule has 1 aliphatic rings. The van der Waals surface area contributed by atoms with Crippen molar-refractivity contribution in [2.45, 2.75) is 45.4 Å². The zero-order valence-electron chi connectivity index (χ0n) is 12.1. The molecule has 2 N–H and O–H groups in total. The van der Waals surface area contributed by atoms with Gasteiger partial charge in [0, 0.05) is 4.88 Å². The van der Waals surface area contributed by atoms with Gasteiger partial charge in [-0.15, -0.1) is 11.3 Å². The molecule has 0 aromatic carbocycles. The van der Waals surface area contributed by atoms with Crippen LogP contribution in [-0.4, -0.2) is 18.4 Å². The minimum absolute atomic E-state index is 0.0404. The predicted octanol–water partition coefficient (Wildman–Crippen LogP) is 2.83. The van der Waals surface area contributed by atoms with E-state index in [0.29, 0.717) is 17.2 Å². The molecule has 112 valence electrons. The molecule has 21 heavy (non-hydrogen) atoms. The van der Waals surface area contributed by atoms with Crippen LogP contribution in [0.15, 0.2) is 4.99 Å². The van der Waals surface area contributed by atoms with Gasteiger partial charge in [0.15, 0.2) is 0 Å². The van der Waals surface area contributed by atoms with Gasteiger partial charge in [0.2, 0.25) is 0 Å². The first-order valence-corrected chi connectivity index (χ1v) is 8.00. The number of rotatable bonds is 4. The zero-order chi connectivity index (χ0) is 15.2. The molecule has 0 saturated heterocycles. The van der Waals surface area contributed by atoms with Gasteiger partial charge in [-0.2, -0.15) is 5.26 Å². The molecule has 1 aromatic rings. The first-order valence-electron chi connectivity index (χ1n) is 7.19. The summed E-state index contributed by atoms with van der Waals surface area (Å²) in [7, 11) is 0. The molecular weight excluding hydrogens is 286 g/mol. The molecule has 1 heterocycles. The quantitative estimate of drug-likeness (QED) is 0.401. The van der Waals surface area contributed by atoms with Gasteiger partial charge in [0.25, 0.3) is 0 Å². The summed E-state index contributed by atoms with van der Waals surface area (Å²) in [5.74, 6) is -0.197. The second-order valence-corrected chi connectivity index (χ2v) is 6.02. The molecular formula is C15H19N3O2S. The third-order valence-electron chi connectivity index (χ3n) is 3.39. The van der Waals surface area contributed by atoms with Crippen LogP contribution in [0.5, 0.6) is 0 Å². The Morgan fingerprint density at radius 2 is 2.19 bits per heavy atom. The fourth-order valence-electron chi connectivity index (χ4n) is 2.45. The topological polar surface area (TPSA) is 88.5 Å². The lowest BCUT2D eigenvalue weighted by Gasteiger charge is -2.01. The summed E-state index contributed by atoms with van der Waals surface area (Å²) in [6.07, 6.45) is 5.36. The monoisotopic (exact) mass is 305 g/mol. The number of aliphatic imine (C=N–C) groups is 1. The predicted molar refractivity (Wildman–Crippen MR) is 82.8 cm³/mol. The summed E-state index contributed by atoms with van der Waals surface area (Å²) < 4.78 is 4.84. The van der Waals surface area contributed by atoms with E-state index < -0.39 is 5.97 Å². The Balaban J connectivity index is 2.24. The number of ether oxygens (including phenoxy) is 1. The lowest BCUT2D eigenvalue weighted by Crippen LogP contribution is -2.18. The van der Waals surface area contributed by atoms with Crippen LogP contribution in [0.4, 0.5) is 5.00 Å². The molecule has 0 aliphatic heterocycles. The zero-order valence-corrected chi connectivity index (χ0v) is 13.0. The first-order chi connectivity index (χ1) is 10.2. The van der Waals surface area contributed by atoms with E-state index in [1.54, 1.807) is 6.92 Å². The Bertz CT molecular complexity index is 599. The van der Waals surface area contributed by atoms with Crippen LogP contribution >= 0.6 is 11.3 Å². The highest BCUT2D eigenvalue weighted by molar-refractivity contribution is 7.16. The van der Waals surface area contributed by atoms with Gasteiger partial charge in [-0.3, -0.25) is 4.79 Å². The van der Waals surface area contributed by atoms with E-state index >= 15 is 0 Å².